The molecule has 8 nitrogen and oxygen atoms in total. The molecule has 1 aliphatic carbocycles. The van der Waals surface area contributed by atoms with Gasteiger partial charge >= 0.3 is 0 Å². The molecule has 2 aromatic carbocycles. The molecule has 5 rings (SSSR count). The van der Waals surface area contributed by atoms with E-state index >= 15 is 0 Å². The number of carbonyl (C=O) groups is 1. The lowest BCUT2D eigenvalue weighted by molar-refractivity contribution is 0.0962. The van der Waals surface area contributed by atoms with Gasteiger partial charge in [-0.05, 0) is 54.3 Å². The maximum Gasteiger partial charge on any atom is 0.225 e. The number of benzene rings is 2. The van der Waals surface area contributed by atoms with Gasteiger partial charge in [-0.25, -0.2) is 14.4 Å². The normalized spacial score (nSPS) is 17.6. The lowest BCUT2D eigenvalue weighted by Crippen LogP contribution is -2.47. The Morgan fingerprint density at radius 3 is 2.14 bits per heavy atom. The smallest absolute Gasteiger partial charge is 0.225 e. The fourth-order valence-corrected chi connectivity index (χ4v) is 4.98. The Morgan fingerprint density at radius 2 is 1.53 bits per heavy atom. The molecule has 2 aliphatic rings. The van der Waals surface area contributed by atoms with Gasteiger partial charge in [0.15, 0.2) is 17.3 Å². The number of aromatic nitrogens is 2. The van der Waals surface area contributed by atoms with Gasteiger partial charge in [0, 0.05) is 44.5 Å². The summed E-state index contributed by atoms with van der Waals surface area (Å²) >= 11 is 0. The van der Waals surface area contributed by atoms with Crippen LogP contribution < -0.4 is 24.0 Å². The zero-order valence-electron chi connectivity index (χ0n) is 20.7. The number of hydrogen-bond acceptors (Lipinski definition) is 8. The van der Waals surface area contributed by atoms with Gasteiger partial charge in [0.25, 0.3) is 0 Å². The highest BCUT2D eigenvalue weighted by Gasteiger charge is 2.30. The largest absolute Gasteiger partial charge is 0.493 e. The average Bonchev–Trinajstić information content (AvgIpc) is 2.92. The molecule has 0 saturated carbocycles. The monoisotopic (exact) mass is 492 g/mol. The van der Waals surface area contributed by atoms with Gasteiger partial charge in [0.05, 0.1) is 32.6 Å². The fraction of sp³-hybridized carbons (Fsp3) is 0.370. The molecule has 1 atom stereocenters. The molecule has 0 amide bonds. The molecular formula is C27H29FN4O4. The van der Waals surface area contributed by atoms with Crippen LogP contribution in [-0.2, 0) is 6.42 Å². The standard InChI is InChI=1S/C27H29FN4O4/c1-34-24-14-18(15-25(35-2)26(24)36-3)17-12-22-21(23(33)13-17)16-29-27(30-22)32-10-8-31(9-11-32)20-6-4-19(28)5-7-20/h4-7,14-17H,8-13H2,1-3H3/t17-/m0/s1. The van der Waals surface area contributed by atoms with Gasteiger partial charge in [0.1, 0.15) is 5.82 Å². The number of ketones is 1. The fourth-order valence-electron chi connectivity index (χ4n) is 4.98. The molecule has 0 unspecified atom stereocenters. The topological polar surface area (TPSA) is 77.0 Å². The van der Waals surface area contributed by atoms with E-state index in [1.165, 1.54) is 12.1 Å². The van der Waals surface area contributed by atoms with Crippen molar-refractivity contribution in [2.24, 2.45) is 0 Å². The van der Waals surface area contributed by atoms with E-state index in [2.05, 4.69) is 14.8 Å². The summed E-state index contributed by atoms with van der Waals surface area (Å²) in [6.07, 6.45) is 2.65. The first-order chi connectivity index (χ1) is 17.5. The van der Waals surface area contributed by atoms with Gasteiger partial charge < -0.3 is 24.0 Å². The lowest BCUT2D eigenvalue weighted by atomic mass is 9.82. The Morgan fingerprint density at radius 1 is 0.889 bits per heavy atom. The van der Waals surface area contributed by atoms with Crippen molar-refractivity contribution in [3.63, 3.8) is 0 Å². The number of Topliss-reactive ketones (excluding diaryl/α,β-unsaturated/α-hetero) is 1. The maximum absolute atomic E-state index is 13.3. The van der Waals surface area contributed by atoms with Crippen LogP contribution in [0, 0.1) is 5.82 Å². The minimum Gasteiger partial charge on any atom is -0.493 e. The van der Waals surface area contributed by atoms with Crippen molar-refractivity contribution >= 4 is 17.4 Å². The Balaban J connectivity index is 1.35. The van der Waals surface area contributed by atoms with Crippen molar-refractivity contribution in [1.29, 1.82) is 0 Å². The molecule has 9 heteroatoms. The number of carbonyl (C=O) groups excluding carboxylic acids is 1. The lowest BCUT2D eigenvalue weighted by Gasteiger charge is -2.36. The van der Waals surface area contributed by atoms with E-state index in [0.29, 0.717) is 41.6 Å². The summed E-state index contributed by atoms with van der Waals surface area (Å²) in [7, 11) is 4.73. The molecular weight excluding hydrogens is 463 g/mol. The van der Waals surface area contributed by atoms with Crippen LogP contribution in [0.1, 0.15) is 34.0 Å². The van der Waals surface area contributed by atoms with Crippen LogP contribution in [0.2, 0.25) is 0 Å². The van der Waals surface area contributed by atoms with Crippen LogP contribution >= 0.6 is 0 Å². The Bertz CT molecular complexity index is 1230. The summed E-state index contributed by atoms with van der Waals surface area (Å²) in [6.45, 7) is 3.03. The molecule has 1 aromatic heterocycles. The van der Waals surface area contributed by atoms with Crippen molar-refractivity contribution < 1.29 is 23.4 Å². The first kappa shape index (κ1) is 23.8. The second kappa shape index (κ2) is 10.0. The summed E-state index contributed by atoms with van der Waals surface area (Å²) in [5, 5.41) is 0. The minimum atomic E-state index is -0.237. The van der Waals surface area contributed by atoms with E-state index in [1.807, 2.05) is 12.1 Å². The third-order valence-electron chi connectivity index (χ3n) is 6.94. The molecule has 1 saturated heterocycles. The van der Waals surface area contributed by atoms with E-state index in [1.54, 1.807) is 39.7 Å². The van der Waals surface area contributed by atoms with Crippen molar-refractivity contribution in [3.05, 3.63) is 65.2 Å². The van der Waals surface area contributed by atoms with Crippen LogP contribution in [-0.4, -0.2) is 63.3 Å². The molecule has 188 valence electrons. The molecule has 36 heavy (non-hydrogen) atoms. The van der Waals surface area contributed by atoms with E-state index < -0.39 is 0 Å². The minimum absolute atomic E-state index is 0.0303. The molecule has 0 spiro atoms. The number of piperazine rings is 1. The number of nitrogens with zero attached hydrogens (tertiary/aromatic N) is 4. The number of hydrogen-bond donors (Lipinski definition) is 0. The molecule has 1 fully saturated rings. The van der Waals surface area contributed by atoms with Crippen molar-refractivity contribution in [1.82, 2.24) is 9.97 Å². The van der Waals surface area contributed by atoms with Crippen LogP contribution in [0.5, 0.6) is 17.2 Å². The summed E-state index contributed by atoms with van der Waals surface area (Å²) in [4.78, 5) is 26.7. The highest BCUT2D eigenvalue weighted by molar-refractivity contribution is 5.98. The number of fused-ring (bicyclic) bond motifs is 1. The molecule has 0 N–H and O–H groups in total. The second-order valence-electron chi connectivity index (χ2n) is 8.97. The predicted molar refractivity (Wildman–Crippen MR) is 134 cm³/mol. The summed E-state index contributed by atoms with van der Waals surface area (Å²) in [5.41, 5.74) is 3.29. The van der Waals surface area contributed by atoms with Crippen LogP contribution in [0.25, 0.3) is 0 Å². The summed E-state index contributed by atoms with van der Waals surface area (Å²) in [5.74, 6) is 2.01. The predicted octanol–water partition coefficient (Wildman–Crippen LogP) is 3.88. The van der Waals surface area contributed by atoms with E-state index in [9.17, 15) is 9.18 Å². The van der Waals surface area contributed by atoms with Gasteiger partial charge in [-0.15, -0.1) is 0 Å². The molecule has 2 heterocycles. The number of rotatable bonds is 6. The van der Waals surface area contributed by atoms with Crippen molar-refractivity contribution in [3.8, 4) is 17.2 Å². The Labute approximate surface area is 209 Å². The van der Waals surface area contributed by atoms with Crippen LogP contribution in [0.3, 0.4) is 0 Å². The Kier molecular flexibility index (Phi) is 6.63. The molecule has 0 bridgehead atoms. The quantitative estimate of drug-likeness (QED) is 0.513. The number of halogens is 1. The molecule has 3 aromatic rings. The van der Waals surface area contributed by atoms with Crippen molar-refractivity contribution in [2.75, 3.05) is 57.3 Å². The average molecular weight is 493 g/mol. The van der Waals surface area contributed by atoms with E-state index in [-0.39, 0.29) is 17.5 Å². The SMILES string of the molecule is COc1cc([C@@H]2CC(=O)c3cnc(N4CCN(c5ccc(F)cc5)CC4)nc3C2)cc(OC)c1OC. The number of ether oxygens (including phenoxy) is 3. The van der Waals surface area contributed by atoms with Gasteiger partial charge in [-0.1, -0.05) is 0 Å². The highest BCUT2D eigenvalue weighted by Crippen LogP contribution is 2.42. The van der Waals surface area contributed by atoms with Gasteiger partial charge in [0.2, 0.25) is 11.7 Å². The van der Waals surface area contributed by atoms with E-state index in [4.69, 9.17) is 19.2 Å². The van der Waals surface area contributed by atoms with E-state index in [0.717, 1.165) is 43.1 Å². The van der Waals surface area contributed by atoms with Crippen LogP contribution in [0.15, 0.2) is 42.6 Å². The first-order valence-electron chi connectivity index (χ1n) is 11.9. The summed E-state index contributed by atoms with van der Waals surface area (Å²) in [6, 6.07) is 10.4. The third-order valence-corrected chi connectivity index (χ3v) is 6.94. The van der Waals surface area contributed by atoms with Crippen LogP contribution in [0.4, 0.5) is 16.0 Å². The Hall–Kier alpha value is -3.88. The third kappa shape index (κ3) is 4.53. The number of anilines is 2. The van der Waals surface area contributed by atoms with Gasteiger partial charge in [-0.3, -0.25) is 4.79 Å². The number of methoxy groups -OCH3 is 3. The first-order valence-corrected chi connectivity index (χ1v) is 11.9. The highest BCUT2D eigenvalue weighted by atomic mass is 19.1. The van der Waals surface area contributed by atoms with Crippen molar-refractivity contribution in [2.45, 2.75) is 18.8 Å². The molecule has 0 radical (unpaired) electrons. The van der Waals surface area contributed by atoms with Gasteiger partial charge in [-0.2, -0.15) is 0 Å². The zero-order valence-corrected chi connectivity index (χ0v) is 20.7. The maximum atomic E-state index is 13.3. The zero-order chi connectivity index (χ0) is 25.2. The second-order valence-corrected chi connectivity index (χ2v) is 8.97. The summed E-state index contributed by atoms with van der Waals surface area (Å²) < 4.78 is 29.7. The molecule has 1 aliphatic heterocycles.